The molecule has 0 saturated heterocycles. The van der Waals surface area contributed by atoms with Crippen molar-refractivity contribution in [2.45, 2.75) is 50.7 Å². The van der Waals surface area contributed by atoms with E-state index in [2.05, 4.69) is 5.32 Å². The largest absolute Gasteiger partial charge is 0.352 e. The Morgan fingerprint density at radius 2 is 1.48 bits per heavy atom. The van der Waals surface area contributed by atoms with Gasteiger partial charge in [0, 0.05) is 30.0 Å². The molecule has 2 aliphatic rings. The molecule has 4 aromatic rings. The van der Waals surface area contributed by atoms with Gasteiger partial charge in [-0.2, -0.15) is 0 Å². The van der Waals surface area contributed by atoms with Crippen LogP contribution >= 0.6 is 0 Å². The van der Waals surface area contributed by atoms with E-state index in [0.29, 0.717) is 12.0 Å². The molecule has 1 aliphatic carbocycles. The number of hydrogen-bond acceptors (Lipinski definition) is 3. The summed E-state index contributed by atoms with van der Waals surface area (Å²) in [5.74, 6) is -0.586. The van der Waals surface area contributed by atoms with Crippen molar-refractivity contribution in [2.75, 3.05) is 11.4 Å². The van der Waals surface area contributed by atoms with Gasteiger partial charge in [-0.05, 0) is 41.5 Å². The van der Waals surface area contributed by atoms with E-state index in [4.69, 9.17) is 0 Å². The summed E-state index contributed by atoms with van der Waals surface area (Å²) in [5.41, 5.74) is 3.26. The predicted molar refractivity (Wildman–Crippen MR) is 157 cm³/mol. The summed E-state index contributed by atoms with van der Waals surface area (Å²) in [6.45, 7) is 0.135. The van der Waals surface area contributed by atoms with Gasteiger partial charge in [0.25, 0.3) is 5.91 Å². The first-order chi connectivity index (χ1) is 19.6. The van der Waals surface area contributed by atoms with Gasteiger partial charge in [0.15, 0.2) is 0 Å². The molecule has 1 saturated carbocycles. The Balaban J connectivity index is 1.34. The van der Waals surface area contributed by atoms with Gasteiger partial charge in [-0.25, -0.2) is 0 Å². The highest BCUT2D eigenvalue weighted by atomic mass is 16.2. The van der Waals surface area contributed by atoms with Crippen LogP contribution in [0.15, 0.2) is 97.1 Å². The number of nitrogens with zero attached hydrogens (tertiary/aromatic N) is 2. The van der Waals surface area contributed by atoms with Crippen molar-refractivity contribution in [3.8, 4) is 0 Å². The number of amides is 3. The van der Waals surface area contributed by atoms with Crippen LogP contribution in [-0.2, 0) is 22.6 Å². The number of carbonyl (C=O) groups excluding carboxylic acids is 3. The highest BCUT2D eigenvalue weighted by Crippen LogP contribution is 2.37. The van der Waals surface area contributed by atoms with Gasteiger partial charge in [-0.1, -0.05) is 97.8 Å². The minimum Gasteiger partial charge on any atom is -0.352 e. The topological polar surface area (TPSA) is 69.7 Å². The summed E-state index contributed by atoms with van der Waals surface area (Å²) in [7, 11) is 0. The fourth-order valence-electron chi connectivity index (χ4n) is 6.06. The van der Waals surface area contributed by atoms with Crippen LogP contribution in [0.3, 0.4) is 0 Å². The average Bonchev–Trinajstić information content (AvgIpc) is 3.59. The first-order valence-electron chi connectivity index (χ1n) is 14.1. The molecule has 0 bridgehead atoms. The zero-order valence-electron chi connectivity index (χ0n) is 22.5. The normalized spacial score (nSPS) is 15.4. The van der Waals surface area contributed by atoms with E-state index >= 15 is 0 Å². The monoisotopic (exact) mass is 531 g/mol. The number of carbonyl (C=O) groups is 3. The maximum atomic E-state index is 14.2. The quantitative estimate of drug-likeness (QED) is 0.310. The molecule has 0 spiro atoms. The molecule has 1 N–H and O–H groups in total. The number of nitrogens with one attached hydrogen (secondary N) is 1. The van der Waals surface area contributed by atoms with E-state index in [1.165, 1.54) is 0 Å². The third-order valence-corrected chi connectivity index (χ3v) is 8.11. The molecule has 0 aromatic heterocycles. The molecule has 4 aromatic carbocycles. The summed E-state index contributed by atoms with van der Waals surface area (Å²) in [6.07, 6.45) is 4.51. The van der Waals surface area contributed by atoms with Crippen molar-refractivity contribution < 1.29 is 14.4 Å². The SMILES string of the molecule is O=C(NC1CCCC1)C(Cc1ccccc1)N(Cc1ccccc1)C(=O)CN1C(=O)c2cccc3cccc1c23. The summed E-state index contributed by atoms with van der Waals surface area (Å²) < 4.78 is 0. The molecule has 1 heterocycles. The van der Waals surface area contributed by atoms with E-state index in [0.717, 1.165) is 53.3 Å². The smallest absolute Gasteiger partial charge is 0.259 e. The van der Waals surface area contributed by atoms with Crippen molar-refractivity contribution in [3.05, 3.63) is 114 Å². The number of benzene rings is 4. The Bertz CT molecular complexity index is 1530. The number of anilines is 1. The molecule has 1 unspecified atom stereocenters. The van der Waals surface area contributed by atoms with Gasteiger partial charge < -0.3 is 10.2 Å². The molecular formula is C34H33N3O3. The van der Waals surface area contributed by atoms with E-state index in [9.17, 15) is 14.4 Å². The zero-order valence-corrected chi connectivity index (χ0v) is 22.5. The molecule has 202 valence electrons. The van der Waals surface area contributed by atoms with Crippen LogP contribution in [0.5, 0.6) is 0 Å². The first-order valence-corrected chi connectivity index (χ1v) is 14.1. The van der Waals surface area contributed by atoms with Gasteiger partial charge in [0.2, 0.25) is 11.8 Å². The van der Waals surface area contributed by atoms with Gasteiger partial charge in [0.05, 0.1) is 5.69 Å². The van der Waals surface area contributed by atoms with Crippen LogP contribution < -0.4 is 10.2 Å². The van der Waals surface area contributed by atoms with Crippen LogP contribution in [0.25, 0.3) is 10.8 Å². The molecule has 1 aliphatic heterocycles. The lowest BCUT2D eigenvalue weighted by Crippen LogP contribution is -2.54. The van der Waals surface area contributed by atoms with E-state index in [-0.39, 0.29) is 36.9 Å². The molecule has 1 fully saturated rings. The van der Waals surface area contributed by atoms with E-state index in [1.54, 1.807) is 9.80 Å². The van der Waals surface area contributed by atoms with Crippen molar-refractivity contribution in [3.63, 3.8) is 0 Å². The Hall–Kier alpha value is -4.45. The van der Waals surface area contributed by atoms with Gasteiger partial charge in [0.1, 0.15) is 12.6 Å². The predicted octanol–water partition coefficient (Wildman–Crippen LogP) is 5.50. The molecule has 0 radical (unpaired) electrons. The van der Waals surface area contributed by atoms with Crippen molar-refractivity contribution in [1.29, 1.82) is 0 Å². The van der Waals surface area contributed by atoms with Crippen molar-refractivity contribution in [2.24, 2.45) is 0 Å². The second-order valence-corrected chi connectivity index (χ2v) is 10.8. The van der Waals surface area contributed by atoms with Crippen molar-refractivity contribution in [1.82, 2.24) is 10.2 Å². The molecule has 6 heteroatoms. The minimum absolute atomic E-state index is 0.131. The maximum absolute atomic E-state index is 14.2. The Morgan fingerprint density at radius 1 is 0.825 bits per heavy atom. The van der Waals surface area contributed by atoms with Crippen molar-refractivity contribution >= 4 is 34.2 Å². The standard InChI is InChI=1S/C34H33N3O3/c38-31(23-37-29-20-10-16-26-15-9-19-28(32(26)29)34(37)40)36(22-25-13-5-2-6-14-25)30(21-24-11-3-1-4-12-24)33(39)35-27-17-7-8-18-27/h1-6,9-16,19-20,27,30H,7-8,17-18,21-23H2,(H,35,39). The van der Waals surface area contributed by atoms with Crippen LogP contribution in [0.4, 0.5) is 5.69 Å². The third-order valence-electron chi connectivity index (χ3n) is 8.11. The zero-order chi connectivity index (χ0) is 27.5. The fraction of sp³-hybridized carbons (Fsp3) is 0.265. The van der Waals surface area contributed by atoms with Crippen LogP contribution in [0.2, 0.25) is 0 Å². The van der Waals surface area contributed by atoms with Crippen LogP contribution in [-0.4, -0.2) is 41.2 Å². The summed E-state index contributed by atoms with van der Waals surface area (Å²) in [6, 6.07) is 30.4. The lowest BCUT2D eigenvalue weighted by molar-refractivity contribution is -0.140. The minimum atomic E-state index is -0.716. The van der Waals surface area contributed by atoms with E-state index in [1.807, 2.05) is 97.1 Å². The molecule has 40 heavy (non-hydrogen) atoms. The highest BCUT2D eigenvalue weighted by Gasteiger charge is 2.36. The third kappa shape index (κ3) is 5.22. The van der Waals surface area contributed by atoms with Gasteiger partial charge >= 0.3 is 0 Å². The van der Waals surface area contributed by atoms with Crippen LogP contribution in [0, 0.1) is 0 Å². The highest BCUT2D eigenvalue weighted by molar-refractivity contribution is 6.26. The maximum Gasteiger partial charge on any atom is 0.259 e. The molecule has 1 atom stereocenters. The van der Waals surface area contributed by atoms with Gasteiger partial charge in [-0.3, -0.25) is 19.3 Å². The number of hydrogen-bond donors (Lipinski definition) is 1. The molecule has 6 rings (SSSR count). The molecular weight excluding hydrogens is 498 g/mol. The van der Waals surface area contributed by atoms with E-state index < -0.39 is 6.04 Å². The fourth-order valence-corrected chi connectivity index (χ4v) is 6.06. The van der Waals surface area contributed by atoms with Crippen LogP contribution in [0.1, 0.15) is 47.2 Å². The Labute approximate surface area is 234 Å². The Kier molecular flexibility index (Phi) is 7.32. The Morgan fingerprint density at radius 3 is 2.17 bits per heavy atom. The number of rotatable bonds is 9. The lowest BCUT2D eigenvalue weighted by atomic mass is 10.0. The second-order valence-electron chi connectivity index (χ2n) is 10.8. The summed E-state index contributed by atoms with van der Waals surface area (Å²) in [4.78, 5) is 44.9. The van der Waals surface area contributed by atoms with Gasteiger partial charge in [-0.15, -0.1) is 0 Å². The summed E-state index contributed by atoms with van der Waals surface area (Å²) >= 11 is 0. The first kappa shape index (κ1) is 25.8. The average molecular weight is 532 g/mol. The second kappa shape index (κ2) is 11.3. The molecule has 3 amide bonds. The lowest BCUT2D eigenvalue weighted by Gasteiger charge is -2.33. The summed E-state index contributed by atoms with van der Waals surface area (Å²) in [5, 5.41) is 5.08. The molecule has 6 nitrogen and oxygen atoms in total.